The monoisotopic (exact) mass is 430 g/mol. The molecular formula is C19H19BrN4O3. The summed E-state index contributed by atoms with van der Waals surface area (Å²) in [5, 5.41) is 16.7. The molecule has 27 heavy (non-hydrogen) atoms. The van der Waals surface area contributed by atoms with Gasteiger partial charge in [0.05, 0.1) is 17.0 Å². The molecule has 0 bridgehead atoms. The van der Waals surface area contributed by atoms with Crippen molar-refractivity contribution < 1.29 is 14.2 Å². The number of rotatable bonds is 6. The summed E-state index contributed by atoms with van der Waals surface area (Å²) in [6.07, 6.45) is 1.66. The van der Waals surface area contributed by atoms with Crippen molar-refractivity contribution in [3.63, 3.8) is 0 Å². The summed E-state index contributed by atoms with van der Waals surface area (Å²) in [7, 11) is 0. The van der Waals surface area contributed by atoms with Crippen LogP contribution in [0.4, 0.5) is 0 Å². The van der Waals surface area contributed by atoms with Crippen LogP contribution in [0.25, 0.3) is 0 Å². The number of H-pyrrole nitrogens is 1. The number of hydrogen-bond donors (Lipinski definition) is 2. The number of aromatic nitrogens is 2. The number of halogens is 1. The SMILES string of the molecule is C=CCOc1c(Br)cc([C@H]2C(C#N)=C(N)Oc3n[nH]c(C)c32)cc1OCC. The van der Waals surface area contributed by atoms with Gasteiger partial charge in [-0.25, -0.2) is 0 Å². The Bertz CT molecular complexity index is 959. The highest BCUT2D eigenvalue weighted by molar-refractivity contribution is 9.10. The maximum atomic E-state index is 9.68. The van der Waals surface area contributed by atoms with Gasteiger partial charge in [0.2, 0.25) is 11.8 Å². The van der Waals surface area contributed by atoms with Crippen molar-refractivity contribution in [2.45, 2.75) is 19.8 Å². The van der Waals surface area contributed by atoms with Crippen molar-refractivity contribution in [1.82, 2.24) is 10.2 Å². The second-order valence-electron chi connectivity index (χ2n) is 5.85. The zero-order chi connectivity index (χ0) is 19.6. The fourth-order valence-corrected chi connectivity index (χ4v) is 3.61. The lowest BCUT2D eigenvalue weighted by Gasteiger charge is -2.25. The van der Waals surface area contributed by atoms with Crippen LogP contribution in [0.15, 0.2) is 40.7 Å². The summed E-state index contributed by atoms with van der Waals surface area (Å²) >= 11 is 3.55. The summed E-state index contributed by atoms with van der Waals surface area (Å²) in [4.78, 5) is 0. The Hall–Kier alpha value is -2.92. The first-order valence-electron chi connectivity index (χ1n) is 8.34. The lowest BCUT2D eigenvalue weighted by Crippen LogP contribution is -2.21. The molecule has 0 fully saturated rings. The van der Waals surface area contributed by atoms with Crippen molar-refractivity contribution >= 4 is 15.9 Å². The maximum Gasteiger partial charge on any atom is 0.244 e. The van der Waals surface area contributed by atoms with Gasteiger partial charge in [-0.1, -0.05) is 12.7 Å². The first-order valence-corrected chi connectivity index (χ1v) is 9.13. The Morgan fingerprint density at radius 2 is 2.26 bits per heavy atom. The molecule has 7 nitrogen and oxygen atoms in total. The van der Waals surface area contributed by atoms with Crippen LogP contribution in [0.2, 0.25) is 0 Å². The maximum absolute atomic E-state index is 9.68. The van der Waals surface area contributed by atoms with E-state index in [1.54, 1.807) is 6.08 Å². The summed E-state index contributed by atoms with van der Waals surface area (Å²) in [6, 6.07) is 5.90. The number of aryl methyl sites for hydroxylation is 1. The molecule has 2 aromatic rings. The third-order valence-corrected chi connectivity index (χ3v) is 4.73. The van der Waals surface area contributed by atoms with E-state index in [-0.39, 0.29) is 5.88 Å². The fraction of sp³-hybridized carbons (Fsp3) is 0.263. The van der Waals surface area contributed by atoms with Crippen LogP contribution in [-0.4, -0.2) is 23.4 Å². The van der Waals surface area contributed by atoms with E-state index in [4.69, 9.17) is 19.9 Å². The molecule has 1 aromatic carbocycles. The van der Waals surface area contributed by atoms with E-state index in [9.17, 15) is 5.26 Å². The molecule has 3 N–H and O–H groups in total. The van der Waals surface area contributed by atoms with Gasteiger partial charge in [-0.2, -0.15) is 5.26 Å². The van der Waals surface area contributed by atoms with Crippen molar-refractivity contribution in [2.75, 3.05) is 13.2 Å². The first-order chi connectivity index (χ1) is 13.0. The van der Waals surface area contributed by atoms with E-state index in [1.807, 2.05) is 26.0 Å². The van der Waals surface area contributed by atoms with E-state index in [0.717, 1.165) is 16.8 Å². The topological polar surface area (TPSA) is 106 Å². The third-order valence-electron chi connectivity index (χ3n) is 4.14. The molecule has 1 aliphatic rings. The molecule has 0 radical (unpaired) electrons. The average molecular weight is 431 g/mol. The Morgan fingerprint density at radius 1 is 1.48 bits per heavy atom. The number of nitrogens with zero attached hydrogens (tertiary/aromatic N) is 2. The zero-order valence-corrected chi connectivity index (χ0v) is 16.6. The van der Waals surface area contributed by atoms with Crippen molar-refractivity contribution in [2.24, 2.45) is 5.73 Å². The van der Waals surface area contributed by atoms with Gasteiger partial charge in [0.15, 0.2) is 11.5 Å². The van der Waals surface area contributed by atoms with Crippen molar-refractivity contribution in [3.8, 4) is 23.4 Å². The van der Waals surface area contributed by atoms with Crippen LogP contribution in [0, 0.1) is 18.3 Å². The van der Waals surface area contributed by atoms with Gasteiger partial charge in [-0.15, -0.1) is 5.10 Å². The second kappa shape index (κ2) is 7.76. The quantitative estimate of drug-likeness (QED) is 0.677. The number of aromatic amines is 1. The summed E-state index contributed by atoms with van der Waals surface area (Å²) in [5.41, 5.74) is 8.68. The first kappa shape index (κ1) is 18.9. The van der Waals surface area contributed by atoms with E-state index in [1.165, 1.54) is 0 Å². The van der Waals surface area contributed by atoms with E-state index < -0.39 is 5.92 Å². The predicted molar refractivity (Wildman–Crippen MR) is 104 cm³/mol. The molecule has 1 aliphatic heterocycles. The minimum atomic E-state index is -0.429. The van der Waals surface area contributed by atoms with Gasteiger partial charge < -0.3 is 19.9 Å². The molecule has 0 aliphatic carbocycles. The number of fused-ring (bicyclic) bond motifs is 1. The third kappa shape index (κ3) is 3.38. The summed E-state index contributed by atoms with van der Waals surface area (Å²) < 4.78 is 17.7. The van der Waals surface area contributed by atoms with Gasteiger partial charge in [-0.05, 0) is 47.5 Å². The smallest absolute Gasteiger partial charge is 0.244 e. The standard InChI is InChI=1S/C19H19BrN4O3/c1-4-6-26-17-13(20)7-11(8-14(17)25-5-2)16-12(9-21)18(22)27-19-15(16)10(3)23-24-19/h4,7-8,16H,1,5-6,22H2,2-3H3,(H,23,24)/t16-/m0/s1. The zero-order valence-electron chi connectivity index (χ0n) is 15.0. The van der Waals surface area contributed by atoms with Gasteiger partial charge >= 0.3 is 0 Å². The molecule has 0 spiro atoms. The number of hydrogen-bond acceptors (Lipinski definition) is 6. The highest BCUT2D eigenvalue weighted by atomic mass is 79.9. The minimum absolute atomic E-state index is 0.0440. The highest BCUT2D eigenvalue weighted by Gasteiger charge is 2.35. The lowest BCUT2D eigenvalue weighted by molar-refractivity contribution is 0.295. The largest absolute Gasteiger partial charge is 0.490 e. The Kier molecular flexibility index (Phi) is 5.42. The van der Waals surface area contributed by atoms with Crippen LogP contribution < -0.4 is 19.9 Å². The molecule has 0 saturated heterocycles. The molecule has 140 valence electrons. The average Bonchev–Trinajstić information content (AvgIpc) is 3.00. The number of nitrogens with one attached hydrogen (secondary N) is 1. The van der Waals surface area contributed by atoms with Crippen molar-refractivity contribution in [1.29, 1.82) is 5.26 Å². The van der Waals surface area contributed by atoms with Crippen LogP contribution >= 0.6 is 15.9 Å². The number of nitrogens with two attached hydrogens (primary N) is 1. The Morgan fingerprint density at radius 3 is 2.93 bits per heavy atom. The van der Waals surface area contributed by atoms with Crippen LogP contribution in [0.1, 0.15) is 29.7 Å². The molecule has 0 saturated carbocycles. The molecular weight excluding hydrogens is 412 g/mol. The molecule has 3 rings (SSSR count). The van der Waals surface area contributed by atoms with Gasteiger partial charge in [0, 0.05) is 11.3 Å². The lowest BCUT2D eigenvalue weighted by atomic mass is 9.84. The Labute approximate surface area is 165 Å². The van der Waals surface area contributed by atoms with Crippen molar-refractivity contribution in [3.05, 3.63) is 57.5 Å². The van der Waals surface area contributed by atoms with E-state index in [0.29, 0.717) is 40.6 Å². The number of benzene rings is 1. The highest BCUT2D eigenvalue weighted by Crippen LogP contribution is 2.46. The normalized spacial score (nSPS) is 15.6. The molecule has 2 heterocycles. The van der Waals surface area contributed by atoms with Crippen LogP contribution in [0.3, 0.4) is 0 Å². The number of allylic oxidation sites excluding steroid dienone is 1. The van der Waals surface area contributed by atoms with Crippen LogP contribution in [-0.2, 0) is 0 Å². The van der Waals surface area contributed by atoms with Gasteiger partial charge in [0.1, 0.15) is 18.2 Å². The molecule has 8 heteroatoms. The summed E-state index contributed by atoms with van der Waals surface area (Å²) in [5.74, 6) is 1.13. The van der Waals surface area contributed by atoms with Gasteiger partial charge in [0.25, 0.3) is 0 Å². The predicted octanol–water partition coefficient (Wildman–Crippen LogP) is 3.66. The summed E-state index contributed by atoms with van der Waals surface area (Å²) in [6.45, 7) is 8.24. The Balaban J connectivity index is 2.19. The van der Waals surface area contributed by atoms with E-state index in [2.05, 4.69) is 38.8 Å². The molecule has 1 aromatic heterocycles. The van der Waals surface area contributed by atoms with Crippen LogP contribution in [0.5, 0.6) is 17.4 Å². The minimum Gasteiger partial charge on any atom is -0.490 e. The fourth-order valence-electron chi connectivity index (χ4n) is 3.03. The molecule has 1 atom stereocenters. The molecule has 0 unspecified atom stereocenters. The number of ether oxygens (including phenoxy) is 3. The number of nitriles is 1. The second-order valence-corrected chi connectivity index (χ2v) is 6.71. The molecule has 0 amide bonds. The van der Waals surface area contributed by atoms with Gasteiger partial charge in [-0.3, -0.25) is 5.10 Å². The van der Waals surface area contributed by atoms with E-state index >= 15 is 0 Å².